The molecular formula is C11H15N3S2. The fraction of sp³-hybridized carbons (Fsp3) is 0.455. The van der Waals surface area contributed by atoms with Gasteiger partial charge in [0.2, 0.25) is 0 Å². The molecule has 1 atom stereocenters. The number of thiazole rings is 2. The van der Waals surface area contributed by atoms with Crippen molar-refractivity contribution in [3.05, 3.63) is 32.7 Å². The molecule has 0 spiro atoms. The van der Waals surface area contributed by atoms with E-state index in [1.54, 1.807) is 22.7 Å². The topological polar surface area (TPSA) is 37.8 Å². The summed E-state index contributed by atoms with van der Waals surface area (Å²) in [6.45, 7) is 5.17. The Morgan fingerprint density at radius 1 is 1.44 bits per heavy atom. The third-order valence-corrected chi connectivity index (χ3v) is 4.24. The lowest BCUT2D eigenvalue weighted by atomic mass is 10.3. The molecule has 0 amide bonds. The minimum Gasteiger partial charge on any atom is -0.308 e. The molecule has 2 aromatic rings. The smallest absolute Gasteiger partial charge is 0.109 e. The monoisotopic (exact) mass is 253 g/mol. The average molecular weight is 253 g/mol. The van der Waals surface area contributed by atoms with Crippen molar-refractivity contribution in [1.82, 2.24) is 15.3 Å². The van der Waals surface area contributed by atoms with Gasteiger partial charge in [-0.2, -0.15) is 0 Å². The lowest BCUT2D eigenvalue weighted by Gasteiger charge is -2.09. The molecule has 2 aromatic heterocycles. The van der Waals surface area contributed by atoms with Gasteiger partial charge in [0, 0.05) is 29.2 Å². The van der Waals surface area contributed by atoms with Gasteiger partial charge in [-0.25, -0.2) is 9.97 Å². The fourth-order valence-electron chi connectivity index (χ4n) is 1.47. The first-order valence-electron chi connectivity index (χ1n) is 5.30. The molecule has 0 aromatic carbocycles. The van der Waals surface area contributed by atoms with Gasteiger partial charge in [0.1, 0.15) is 5.01 Å². The first kappa shape index (κ1) is 11.7. The van der Waals surface area contributed by atoms with E-state index in [-0.39, 0.29) is 0 Å². The third-order valence-electron chi connectivity index (χ3n) is 2.31. The van der Waals surface area contributed by atoms with E-state index in [0.717, 1.165) is 23.0 Å². The Kier molecular flexibility index (Phi) is 4.04. The predicted octanol–water partition coefficient (Wildman–Crippen LogP) is 2.80. The van der Waals surface area contributed by atoms with Crippen LogP contribution < -0.4 is 5.32 Å². The van der Waals surface area contributed by atoms with Crippen LogP contribution in [0.15, 0.2) is 17.8 Å². The third kappa shape index (κ3) is 3.10. The molecule has 0 radical (unpaired) electrons. The first-order valence-corrected chi connectivity index (χ1v) is 6.99. The van der Waals surface area contributed by atoms with Gasteiger partial charge in [-0.05, 0) is 20.3 Å². The Morgan fingerprint density at radius 2 is 2.31 bits per heavy atom. The summed E-state index contributed by atoms with van der Waals surface area (Å²) >= 11 is 3.47. The molecule has 2 rings (SSSR count). The van der Waals surface area contributed by atoms with Crippen LogP contribution in [0.25, 0.3) is 0 Å². The van der Waals surface area contributed by atoms with Crippen LogP contribution in [0.3, 0.4) is 0 Å². The van der Waals surface area contributed by atoms with Crippen molar-refractivity contribution < 1.29 is 0 Å². The molecule has 1 unspecified atom stereocenters. The van der Waals surface area contributed by atoms with Crippen LogP contribution in [0, 0.1) is 6.92 Å². The van der Waals surface area contributed by atoms with Crippen molar-refractivity contribution in [3.63, 3.8) is 0 Å². The molecule has 5 heteroatoms. The lowest BCUT2D eigenvalue weighted by Crippen LogP contribution is -2.20. The summed E-state index contributed by atoms with van der Waals surface area (Å²) in [5.41, 5.74) is 0. The summed E-state index contributed by atoms with van der Waals surface area (Å²) in [5, 5.41) is 7.78. The molecule has 16 heavy (non-hydrogen) atoms. The van der Waals surface area contributed by atoms with Gasteiger partial charge in [-0.3, -0.25) is 0 Å². The Bertz CT molecular complexity index is 422. The van der Waals surface area contributed by atoms with Crippen molar-refractivity contribution in [1.29, 1.82) is 0 Å². The quantitative estimate of drug-likeness (QED) is 0.890. The van der Waals surface area contributed by atoms with Gasteiger partial charge in [0.05, 0.1) is 11.0 Å². The van der Waals surface area contributed by atoms with Crippen molar-refractivity contribution in [2.45, 2.75) is 26.3 Å². The lowest BCUT2D eigenvalue weighted by molar-refractivity contribution is 0.575. The Balaban J connectivity index is 1.76. The molecule has 86 valence electrons. The molecule has 0 aliphatic rings. The number of hydrogen-bond acceptors (Lipinski definition) is 5. The summed E-state index contributed by atoms with van der Waals surface area (Å²) in [6, 6.07) is 0.342. The van der Waals surface area contributed by atoms with Crippen LogP contribution in [0.1, 0.15) is 27.9 Å². The van der Waals surface area contributed by atoms with Gasteiger partial charge in [-0.15, -0.1) is 22.7 Å². The Labute approximate surface area is 104 Å². The predicted molar refractivity (Wildman–Crippen MR) is 69.1 cm³/mol. The van der Waals surface area contributed by atoms with E-state index < -0.39 is 0 Å². The second-order valence-electron chi connectivity index (χ2n) is 3.64. The molecule has 0 aliphatic carbocycles. The largest absolute Gasteiger partial charge is 0.308 e. The highest BCUT2D eigenvalue weighted by Crippen LogP contribution is 2.15. The number of aromatic nitrogens is 2. The van der Waals surface area contributed by atoms with E-state index in [4.69, 9.17) is 0 Å². The normalized spacial score (nSPS) is 12.9. The van der Waals surface area contributed by atoms with E-state index in [1.165, 1.54) is 4.88 Å². The van der Waals surface area contributed by atoms with E-state index in [9.17, 15) is 0 Å². The van der Waals surface area contributed by atoms with E-state index >= 15 is 0 Å². The number of nitrogens with one attached hydrogen (secondary N) is 1. The van der Waals surface area contributed by atoms with Crippen LogP contribution in [0.5, 0.6) is 0 Å². The van der Waals surface area contributed by atoms with E-state index in [1.807, 2.05) is 24.7 Å². The minimum absolute atomic E-state index is 0.342. The molecule has 1 N–H and O–H groups in total. The molecular weight excluding hydrogens is 238 g/mol. The minimum atomic E-state index is 0.342. The summed E-state index contributed by atoms with van der Waals surface area (Å²) in [4.78, 5) is 9.88. The molecule has 0 aliphatic heterocycles. The zero-order valence-electron chi connectivity index (χ0n) is 9.43. The second-order valence-corrected chi connectivity index (χ2v) is 5.89. The van der Waals surface area contributed by atoms with Crippen molar-refractivity contribution in [2.75, 3.05) is 6.54 Å². The standard InChI is InChI=1S/C11H15N3S2/c1-8(11-13-5-6-15-11)12-4-3-10-7-14-9(2)16-10/h5-8,12H,3-4H2,1-2H3. The maximum atomic E-state index is 4.29. The van der Waals surface area contributed by atoms with Crippen molar-refractivity contribution in [3.8, 4) is 0 Å². The molecule has 0 saturated carbocycles. The second kappa shape index (κ2) is 5.52. The van der Waals surface area contributed by atoms with E-state index in [2.05, 4.69) is 22.2 Å². The van der Waals surface area contributed by atoms with Gasteiger partial charge in [-0.1, -0.05) is 0 Å². The Morgan fingerprint density at radius 3 is 2.94 bits per heavy atom. The highest BCUT2D eigenvalue weighted by atomic mass is 32.1. The summed E-state index contributed by atoms with van der Waals surface area (Å²) in [6.07, 6.45) is 4.86. The number of nitrogens with zero attached hydrogens (tertiary/aromatic N) is 2. The average Bonchev–Trinajstić information content (AvgIpc) is 2.89. The van der Waals surface area contributed by atoms with Gasteiger partial charge < -0.3 is 5.32 Å². The Hall–Kier alpha value is -0.780. The summed E-state index contributed by atoms with van der Waals surface area (Å²) in [7, 11) is 0. The van der Waals surface area contributed by atoms with Gasteiger partial charge in [0.15, 0.2) is 0 Å². The van der Waals surface area contributed by atoms with Crippen molar-refractivity contribution >= 4 is 22.7 Å². The first-order chi connectivity index (χ1) is 7.75. The van der Waals surface area contributed by atoms with Crippen LogP contribution in [0.2, 0.25) is 0 Å². The number of hydrogen-bond donors (Lipinski definition) is 1. The summed E-state index contributed by atoms with van der Waals surface area (Å²) < 4.78 is 0. The zero-order valence-corrected chi connectivity index (χ0v) is 11.1. The highest BCUT2D eigenvalue weighted by molar-refractivity contribution is 7.11. The fourth-order valence-corrected chi connectivity index (χ4v) is 2.93. The number of rotatable bonds is 5. The maximum absolute atomic E-state index is 4.29. The van der Waals surface area contributed by atoms with Crippen LogP contribution in [0.4, 0.5) is 0 Å². The van der Waals surface area contributed by atoms with E-state index in [0.29, 0.717) is 6.04 Å². The van der Waals surface area contributed by atoms with Crippen LogP contribution in [-0.4, -0.2) is 16.5 Å². The van der Waals surface area contributed by atoms with Crippen molar-refractivity contribution in [2.24, 2.45) is 0 Å². The molecule has 3 nitrogen and oxygen atoms in total. The molecule has 0 fully saturated rings. The number of aryl methyl sites for hydroxylation is 1. The zero-order chi connectivity index (χ0) is 11.4. The summed E-state index contributed by atoms with van der Waals surface area (Å²) in [5.74, 6) is 0. The van der Waals surface area contributed by atoms with Crippen LogP contribution in [-0.2, 0) is 6.42 Å². The van der Waals surface area contributed by atoms with Gasteiger partial charge in [0.25, 0.3) is 0 Å². The van der Waals surface area contributed by atoms with Gasteiger partial charge >= 0.3 is 0 Å². The SMILES string of the molecule is Cc1ncc(CCNC(C)c2nccs2)s1. The molecule has 0 saturated heterocycles. The van der Waals surface area contributed by atoms with Crippen LogP contribution >= 0.6 is 22.7 Å². The molecule has 2 heterocycles. The molecule has 0 bridgehead atoms. The highest BCUT2D eigenvalue weighted by Gasteiger charge is 2.06. The maximum Gasteiger partial charge on any atom is 0.109 e.